The Kier molecular flexibility index (Phi) is 6.04. The summed E-state index contributed by atoms with van der Waals surface area (Å²) in [5.41, 5.74) is 5.11. The summed E-state index contributed by atoms with van der Waals surface area (Å²) in [5, 5.41) is 12.1. The third-order valence-corrected chi connectivity index (χ3v) is 4.35. The number of amides is 1. The fourth-order valence-electron chi connectivity index (χ4n) is 2.14. The van der Waals surface area contributed by atoms with Crippen molar-refractivity contribution in [3.8, 4) is 0 Å². The van der Waals surface area contributed by atoms with Crippen LogP contribution in [0.25, 0.3) is 0 Å². The zero-order chi connectivity index (χ0) is 15.9. The van der Waals surface area contributed by atoms with Crippen LogP contribution in [0.1, 0.15) is 22.3 Å². The molecule has 116 valence electrons. The number of benzene rings is 2. The number of aliphatic hydroxyl groups is 1. The van der Waals surface area contributed by atoms with Crippen molar-refractivity contribution in [1.82, 2.24) is 0 Å². The molecule has 0 aliphatic heterocycles. The van der Waals surface area contributed by atoms with Gasteiger partial charge in [0.25, 0.3) is 0 Å². The molecule has 22 heavy (non-hydrogen) atoms. The lowest BCUT2D eigenvalue weighted by Crippen LogP contribution is -2.15. The van der Waals surface area contributed by atoms with Gasteiger partial charge in [0.15, 0.2) is 0 Å². The van der Waals surface area contributed by atoms with Crippen LogP contribution >= 0.6 is 11.8 Å². The van der Waals surface area contributed by atoms with Gasteiger partial charge in [-0.1, -0.05) is 36.4 Å². The first kappa shape index (κ1) is 16.6. The topological polar surface area (TPSA) is 49.3 Å². The molecule has 0 aliphatic carbocycles. The molecule has 2 N–H and O–H groups in total. The van der Waals surface area contributed by atoms with Crippen LogP contribution in [0.15, 0.2) is 42.5 Å². The number of rotatable bonds is 6. The third-order valence-electron chi connectivity index (χ3n) is 3.34. The van der Waals surface area contributed by atoms with Gasteiger partial charge >= 0.3 is 0 Å². The lowest BCUT2D eigenvalue weighted by atomic mass is 10.1. The number of carbonyl (C=O) groups is 1. The van der Waals surface area contributed by atoms with Crippen LogP contribution in [0.2, 0.25) is 0 Å². The van der Waals surface area contributed by atoms with Gasteiger partial charge in [-0.15, -0.1) is 11.8 Å². The summed E-state index contributed by atoms with van der Waals surface area (Å²) in [6.45, 7) is 4.05. The van der Waals surface area contributed by atoms with E-state index in [-0.39, 0.29) is 12.5 Å². The molecular weight excluding hydrogens is 294 g/mol. The summed E-state index contributed by atoms with van der Waals surface area (Å²) >= 11 is 1.57. The molecule has 0 atom stereocenters. The van der Waals surface area contributed by atoms with Crippen molar-refractivity contribution in [2.45, 2.75) is 26.2 Å². The molecule has 2 aromatic carbocycles. The first-order valence-electron chi connectivity index (χ1n) is 7.22. The Morgan fingerprint density at radius 2 is 1.91 bits per heavy atom. The van der Waals surface area contributed by atoms with Gasteiger partial charge in [-0.3, -0.25) is 4.79 Å². The van der Waals surface area contributed by atoms with Gasteiger partial charge in [-0.05, 0) is 42.2 Å². The summed E-state index contributed by atoms with van der Waals surface area (Å²) < 4.78 is 0. The Balaban J connectivity index is 1.84. The highest BCUT2D eigenvalue weighted by Gasteiger charge is 2.06. The smallest absolute Gasteiger partial charge is 0.234 e. The lowest BCUT2D eigenvalue weighted by Gasteiger charge is -2.09. The molecule has 0 saturated carbocycles. The van der Waals surface area contributed by atoms with Gasteiger partial charge in [0, 0.05) is 11.4 Å². The zero-order valence-corrected chi connectivity index (χ0v) is 13.7. The van der Waals surface area contributed by atoms with Crippen LogP contribution in [0.4, 0.5) is 5.69 Å². The van der Waals surface area contributed by atoms with Crippen molar-refractivity contribution in [2.24, 2.45) is 0 Å². The van der Waals surface area contributed by atoms with Gasteiger partial charge in [0.2, 0.25) is 5.91 Å². The number of nitrogens with one attached hydrogen (secondary N) is 1. The minimum Gasteiger partial charge on any atom is -0.392 e. The highest BCUT2D eigenvalue weighted by molar-refractivity contribution is 7.99. The molecule has 0 radical (unpaired) electrons. The third kappa shape index (κ3) is 4.90. The molecule has 2 rings (SSSR count). The molecule has 0 saturated heterocycles. The number of aryl methyl sites for hydroxylation is 2. The molecule has 2 aromatic rings. The molecule has 1 amide bonds. The van der Waals surface area contributed by atoms with Crippen LogP contribution in [0.5, 0.6) is 0 Å². The second-order valence-corrected chi connectivity index (χ2v) is 6.32. The molecule has 0 spiro atoms. The van der Waals surface area contributed by atoms with E-state index in [0.717, 1.165) is 33.7 Å². The maximum absolute atomic E-state index is 12.0. The normalized spacial score (nSPS) is 10.5. The van der Waals surface area contributed by atoms with Crippen LogP contribution < -0.4 is 5.32 Å². The predicted octanol–water partition coefficient (Wildman–Crippen LogP) is 3.67. The van der Waals surface area contributed by atoms with Gasteiger partial charge in [-0.2, -0.15) is 0 Å². The molecule has 0 unspecified atom stereocenters. The van der Waals surface area contributed by atoms with E-state index < -0.39 is 0 Å². The molecule has 0 fully saturated rings. The van der Waals surface area contributed by atoms with E-state index in [9.17, 15) is 4.79 Å². The summed E-state index contributed by atoms with van der Waals surface area (Å²) in [6.07, 6.45) is 0. The van der Waals surface area contributed by atoms with Crippen molar-refractivity contribution in [1.29, 1.82) is 0 Å². The predicted molar refractivity (Wildman–Crippen MR) is 93.1 cm³/mol. The summed E-state index contributed by atoms with van der Waals surface area (Å²) in [7, 11) is 0. The van der Waals surface area contributed by atoms with Gasteiger partial charge in [0.1, 0.15) is 0 Å². The molecule has 0 aliphatic rings. The minimum absolute atomic E-state index is 0.0111. The Labute approximate surface area is 135 Å². The second kappa shape index (κ2) is 8.01. The van der Waals surface area contributed by atoms with Crippen molar-refractivity contribution in [3.05, 3.63) is 64.7 Å². The summed E-state index contributed by atoms with van der Waals surface area (Å²) in [4.78, 5) is 12.0. The highest BCUT2D eigenvalue weighted by Crippen LogP contribution is 2.18. The van der Waals surface area contributed by atoms with Gasteiger partial charge < -0.3 is 10.4 Å². The van der Waals surface area contributed by atoms with Crippen LogP contribution in [-0.4, -0.2) is 16.8 Å². The first-order chi connectivity index (χ1) is 10.6. The Bertz CT molecular complexity index is 655. The number of hydrogen-bond acceptors (Lipinski definition) is 3. The zero-order valence-electron chi connectivity index (χ0n) is 12.9. The van der Waals surface area contributed by atoms with Crippen molar-refractivity contribution < 1.29 is 9.90 Å². The van der Waals surface area contributed by atoms with Crippen LogP contribution in [0, 0.1) is 13.8 Å². The summed E-state index contributed by atoms with van der Waals surface area (Å²) in [5.74, 6) is 1.18. The standard InChI is InChI=1S/C18H21NO2S/c1-13-6-7-14(2)17(8-13)19-18(21)12-22-11-16-5-3-4-15(9-16)10-20/h3-9,20H,10-12H2,1-2H3,(H,19,21). The van der Waals surface area contributed by atoms with E-state index in [1.807, 2.05) is 56.3 Å². The number of thioether (sulfide) groups is 1. The highest BCUT2D eigenvalue weighted by atomic mass is 32.2. The van der Waals surface area contributed by atoms with Crippen molar-refractivity contribution in [3.63, 3.8) is 0 Å². The van der Waals surface area contributed by atoms with Crippen molar-refractivity contribution >= 4 is 23.4 Å². The molecule has 0 heterocycles. The van der Waals surface area contributed by atoms with E-state index in [4.69, 9.17) is 5.11 Å². The van der Waals surface area contributed by atoms with E-state index >= 15 is 0 Å². The summed E-state index contributed by atoms with van der Waals surface area (Å²) in [6, 6.07) is 13.8. The van der Waals surface area contributed by atoms with Gasteiger partial charge in [0.05, 0.1) is 12.4 Å². The molecule has 0 aromatic heterocycles. The fraction of sp³-hybridized carbons (Fsp3) is 0.278. The fourth-order valence-corrected chi connectivity index (χ4v) is 2.91. The SMILES string of the molecule is Cc1ccc(C)c(NC(=O)CSCc2cccc(CO)c2)c1. The first-order valence-corrected chi connectivity index (χ1v) is 8.37. The quantitative estimate of drug-likeness (QED) is 0.855. The lowest BCUT2D eigenvalue weighted by molar-refractivity contribution is -0.113. The van der Waals surface area contributed by atoms with E-state index in [1.54, 1.807) is 11.8 Å². The minimum atomic E-state index is 0.0111. The maximum Gasteiger partial charge on any atom is 0.234 e. The largest absolute Gasteiger partial charge is 0.392 e. The Morgan fingerprint density at radius 3 is 2.68 bits per heavy atom. The number of aliphatic hydroxyl groups excluding tert-OH is 1. The second-order valence-electron chi connectivity index (χ2n) is 5.34. The number of carbonyl (C=O) groups excluding carboxylic acids is 1. The average Bonchev–Trinajstić information content (AvgIpc) is 2.51. The molecule has 0 bridgehead atoms. The Morgan fingerprint density at radius 1 is 1.14 bits per heavy atom. The maximum atomic E-state index is 12.0. The molecule has 3 nitrogen and oxygen atoms in total. The van der Waals surface area contributed by atoms with Crippen molar-refractivity contribution in [2.75, 3.05) is 11.1 Å². The Hall–Kier alpha value is -1.78. The number of hydrogen-bond donors (Lipinski definition) is 2. The molecule has 4 heteroatoms. The van der Waals surface area contributed by atoms with Crippen LogP contribution in [0.3, 0.4) is 0 Å². The van der Waals surface area contributed by atoms with E-state index in [2.05, 4.69) is 5.32 Å². The van der Waals surface area contributed by atoms with E-state index in [1.165, 1.54) is 0 Å². The van der Waals surface area contributed by atoms with Crippen LogP contribution in [-0.2, 0) is 17.2 Å². The van der Waals surface area contributed by atoms with Gasteiger partial charge in [-0.25, -0.2) is 0 Å². The average molecular weight is 315 g/mol. The number of anilines is 1. The monoisotopic (exact) mass is 315 g/mol. The van der Waals surface area contributed by atoms with E-state index in [0.29, 0.717) is 5.75 Å². The molecular formula is C18H21NO2S.